The summed E-state index contributed by atoms with van der Waals surface area (Å²) in [6, 6.07) is 31.1. The second-order valence-corrected chi connectivity index (χ2v) is 17.1. The third kappa shape index (κ3) is 15.6. The van der Waals surface area contributed by atoms with Gasteiger partial charge in [-0.15, -0.1) is 23.2 Å². The first-order valence-corrected chi connectivity index (χ1v) is 23.4. The molecule has 4 aromatic carbocycles. The Morgan fingerprint density at radius 1 is 0.719 bits per heavy atom. The molecule has 2 fully saturated rings. The molecule has 9 nitrogen and oxygen atoms in total. The van der Waals surface area contributed by atoms with Crippen molar-refractivity contribution in [3.8, 4) is 0 Å². The number of hydrogen-bond donors (Lipinski definition) is 2. The van der Waals surface area contributed by atoms with Crippen molar-refractivity contribution in [3.63, 3.8) is 0 Å². The van der Waals surface area contributed by atoms with Crippen molar-refractivity contribution in [2.75, 3.05) is 10.7 Å². The summed E-state index contributed by atoms with van der Waals surface area (Å²) in [4.78, 5) is 62.0. The average molecular weight is 907 g/mol. The lowest BCUT2D eigenvalue weighted by molar-refractivity contribution is -0.147. The number of rotatable bonds is 13. The van der Waals surface area contributed by atoms with E-state index in [1.807, 2.05) is 111 Å². The van der Waals surface area contributed by atoms with Gasteiger partial charge in [0.2, 0.25) is 0 Å². The monoisotopic (exact) mass is 905 g/mol. The number of carbonyl (C=O) groups is 5. The van der Waals surface area contributed by atoms with Crippen LogP contribution in [-0.4, -0.2) is 39.6 Å². The molecule has 1 aromatic heterocycles. The predicted octanol–water partition coefficient (Wildman–Crippen LogP) is 12.9. The van der Waals surface area contributed by atoms with E-state index in [4.69, 9.17) is 32.7 Å². The number of esters is 2. The van der Waals surface area contributed by atoms with E-state index in [0.717, 1.165) is 77.5 Å². The van der Waals surface area contributed by atoms with Crippen molar-refractivity contribution in [2.24, 2.45) is 11.8 Å². The summed E-state index contributed by atoms with van der Waals surface area (Å²) in [6.07, 6.45) is 16.2. The van der Waals surface area contributed by atoms with Crippen LogP contribution in [0, 0.1) is 18.0 Å². The molecule has 2 N–H and O–H groups in total. The van der Waals surface area contributed by atoms with Crippen LogP contribution in [0.25, 0.3) is 17.0 Å². The number of aromatic amines is 1. The van der Waals surface area contributed by atoms with Gasteiger partial charge in [0.25, 0.3) is 0 Å². The first kappa shape index (κ1) is 49.4. The SMILES string of the molecule is CCC(=O)c1ccc2c(C3CCCC(CC(=O)OCc4ccccc4)C3)c[nH]c2c1.CCC(=O)c1ccc2c(c1)N[C+]=C2.ClCCl.O=C1CCCC(CC(=O)OCc2ccccc2)C1. The molecule has 336 valence electrons. The van der Waals surface area contributed by atoms with Crippen LogP contribution in [0.1, 0.15) is 140 Å². The van der Waals surface area contributed by atoms with Crippen LogP contribution in [0.3, 0.4) is 0 Å². The number of H-pyrrole nitrogens is 1. The van der Waals surface area contributed by atoms with Crippen molar-refractivity contribution in [3.05, 3.63) is 143 Å². The van der Waals surface area contributed by atoms with Crippen LogP contribution in [-0.2, 0) is 37.1 Å². The lowest BCUT2D eigenvalue weighted by Gasteiger charge is -2.28. The maximum Gasteiger partial charge on any atom is 0.306 e. The van der Waals surface area contributed by atoms with Crippen molar-refractivity contribution < 1.29 is 33.4 Å². The Balaban J connectivity index is 0.000000192. The Labute approximate surface area is 387 Å². The highest BCUT2D eigenvalue weighted by molar-refractivity contribution is 6.40. The number of anilines is 1. The van der Waals surface area contributed by atoms with E-state index in [0.29, 0.717) is 63.6 Å². The molecule has 3 atom stereocenters. The van der Waals surface area contributed by atoms with Gasteiger partial charge in [-0.1, -0.05) is 93.1 Å². The minimum atomic E-state index is -0.196. The number of halogens is 2. The van der Waals surface area contributed by atoms with Crippen LogP contribution < -0.4 is 5.32 Å². The highest BCUT2D eigenvalue weighted by Gasteiger charge is 2.28. The van der Waals surface area contributed by atoms with Crippen LogP contribution in [0.5, 0.6) is 0 Å². The van der Waals surface area contributed by atoms with E-state index in [1.165, 1.54) is 10.9 Å². The van der Waals surface area contributed by atoms with E-state index in [2.05, 4.69) is 28.8 Å². The lowest BCUT2D eigenvalue weighted by atomic mass is 9.76. The number of ether oxygens (including phenoxy) is 2. The van der Waals surface area contributed by atoms with Gasteiger partial charge in [0.15, 0.2) is 22.8 Å². The predicted molar refractivity (Wildman–Crippen MR) is 255 cm³/mol. The summed E-state index contributed by atoms with van der Waals surface area (Å²) < 4.78 is 10.7. The molecule has 2 heterocycles. The maximum atomic E-state index is 12.4. The zero-order valence-corrected chi connectivity index (χ0v) is 38.4. The second kappa shape index (κ2) is 26.3. The summed E-state index contributed by atoms with van der Waals surface area (Å²) in [5.41, 5.74) is 7.94. The van der Waals surface area contributed by atoms with E-state index >= 15 is 0 Å². The van der Waals surface area contributed by atoms with Crippen molar-refractivity contribution in [1.82, 2.24) is 4.98 Å². The fourth-order valence-electron chi connectivity index (χ4n) is 8.34. The first-order valence-electron chi connectivity index (χ1n) is 22.3. The molecule has 2 saturated carbocycles. The number of Topliss-reactive ketones (excluding diaryl/α,β-unsaturated/α-hetero) is 3. The van der Waals surface area contributed by atoms with Gasteiger partial charge >= 0.3 is 11.9 Å². The molecule has 0 radical (unpaired) electrons. The van der Waals surface area contributed by atoms with Gasteiger partial charge in [-0.25, -0.2) is 0 Å². The summed E-state index contributed by atoms with van der Waals surface area (Å²) >= 11 is 9.53. The molecule has 64 heavy (non-hydrogen) atoms. The van der Waals surface area contributed by atoms with Crippen molar-refractivity contribution >= 4 is 75.2 Å². The number of hydrogen-bond acceptors (Lipinski definition) is 8. The number of nitrogens with one attached hydrogen (secondary N) is 2. The van der Waals surface area contributed by atoms with Gasteiger partial charge in [0, 0.05) is 78.9 Å². The summed E-state index contributed by atoms with van der Waals surface area (Å²) in [7, 11) is 0. The van der Waals surface area contributed by atoms with Gasteiger partial charge in [-0.3, -0.25) is 24.0 Å². The Hall–Kier alpha value is -5.60. The summed E-state index contributed by atoms with van der Waals surface area (Å²) in [6.45, 7) is 4.42. The number of carbonyl (C=O) groups excluding carboxylic acids is 5. The third-order valence-corrected chi connectivity index (χ3v) is 11.7. The molecule has 0 bridgehead atoms. The molecular weight excluding hydrogens is 847 g/mol. The van der Waals surface area contributed by atoms with Crippen molar-refractivity contribution in [1.29, 1.82) is 0 Å². The second-order valence-electron chi connectivity index (χ2n) is 16.3. The molecule has 1 aliphatic heterocycles. The molecule has 0 spiro atoms. The van der Waals surface area contributed by atoms with Gasteiger partial charge in [0.05, 0.1) is 5.34 Å². The molecule has 3 aliphatic rings. The quantitative estimate of drug-likeness (QED) is 0.0517. The number of alkyl halides is 2. The number of benzene rings is 4. The summed E-state index contributed by atoms with van der Waals surface area (Å²) in [5.74, 6) is 1.31. The van der Waals surface area contributed by atoms with Gasteiger partial charge in [-0.05, 0) is 78.7 Å². The van der Waals surface area contributed by atoms with E-state index < -0.39 is 0 Å². The fraction of sp³-hybridized carbons (Fsp3) is 0.377. The Bertz CT molecular complexity index is 2330. The zero-order chi connectivity index (χ0) is 45.7. The van der Waals surface area contributed by atoms with E-state index in [1.54, 1.807) is 0 Å². The largest absolute Gasteiger partial charge is 0.461 e. The topological polar surface area (TPSA) is 132 Å². The standard InChI is InChI=1S/C26H29NO3.C15H18O3.C11H9NO.CH2Cl2/c1-2-25(28)21-11-12-22-23(16-27-24(22)15-21)20-10-6-9-19(13-20)14-26(29)30-17-18-7-4-3-5-8-18;16-14-8-4-7-13(9-14)10-15(17)18-11-12-5-2-1-3-6-12;1-2-11(13)9-4-3-8-5-6-12-10(8)7-9;2-1-3/h3-5,7-8,11-12,15-16,19-20,27H,2,6,9-10,13-14,17H2,1H3;1-3,5-6,13H,4,7-11H2;3-5,7H,2H2,1H3;1H2/p+1. The number of fused-ring (bicyclic) bond motifs is 2. The molecule has 8 rings (SSSR count). The zero-order valence-electron chi connectivity index (χ0n) is 36.8. The summed E-state index contributed by atoms with van der Waals surface area (Å²) in [5, 5.41) is 4.35. The van der Waals surface area contributed by atoms with Gasteiger partial charge < -0.3 is 14.5 Å². The molecule has 11 heteroatoms. The Kier molecular flexibility index (Phi) is 20.3. The first-order chi connectivity index (χ1) is 31.1. The lowest BCUT2D eigenvalue weighted by Crippen LogP contribution is -2.19. The van der Waals surface area contributed by atoms with E-state index in [9.17, 15) is 24.0 Å². The smallest absolute Gasteiger partial charge is 0.306 e. The highest BCUT2D eigenvalue weighted by atomic mass is 35.5. The van der Waals surface area contributed by atoms with Crippen LogP contribution in [0.15, 0.2) is 103 Å². The molecule has 0 amide bonds. The highest BCUT2D eigenvalue weighted by Crippen LogP contribution is 2.40. The molecule has 2 aliphatic carbocycles. The van der Waals surface area contributed by atoms with Crippen molar-refractivity contribution in [2.45, 2.75) is 110 Å². The van der Waals surface area contributed by atoms with Gasteiger partial charge in [0.1, 0.15) is 31.3 Å². The average Bonchev–Trinajstić information content (AvgIpc) is 3.98. The maximum absolute atomic E-state index is 12.4. The minimum absolute atomic E-state index is 0.105. The molecular formula is C53H59Cl2N2O7+. The molecule has 3 unspecified atom stereocenters. The number of ketones is 3. The molecule has 5 aromatic rings. The fourth-order valence-corrected chi connectivity index (χ4v) is 8.34. The van der Waals surface area contributed by atoms with E-state index in [-0.39, 0.29) is 40.5 Å². The van der Waals surface area contributed by atoms with Crippen LogP contribution >= 0.6 is 23.2 Å². The normalized spacial score (nSPS) is 17.1. The van der Waals surface area contributed by atoms with Crippen LogP contribution in [0.2, 0.25) is 0 Å². The minimum Gasteiger partial charge on any atom is -0.461 e. The number of aromatic nitrogens is 1. The van der Waals surface area contributed by atoms with Gasteiger partial charge in [-0.2, -0.15) is 5.32 Å². The Morgan fingerprint density at radius 2 is 1.30 bits per heavy atom. The third-order valence-electron chi connectivity index (χ3n) is 11.7. The van der Waals surface area contributed by atoms with Crippen LogP contribution in [0.4, 0.5) is 5.69 Å². The Morgan fingerprint density at radius 3 is 1.91 bits per heavy atom. The molecule has 0 saturated heterocycles.